The van der Waals surface area contributed by atoms with Gasteiger partial charge in [0.05, 0.1) is 11.7 Å². The van der Waals surface area contributed by atoms with E-state index in [2.05, 4.69) is 25.9 Å². The summed E-state index contributed by atoms with van der Waals surface area (Å²) < 4.78 is 1.78. The van der Waals surface area contributed by atoms with Crippen LogP contribution in [0, 0.1) is 0 Å². The van der Waals surface area contributed by atoms with Gasteiger partial charge in [-0.25, -0.2) is 9.48 Å². The summed E-state index contributed by atoms with van der Waals surface area (Å²) in [5.74, 6) is 0. The van der Waals surface area contributed by atoms with Crippen LogP contribution in [0.25, 0.3) is 5.69 Å². The number of carbonyl (C=O) groups excluding carboxylic acids is 1. The number of nitrogens with zero attached hydrogens (tertiary/aromatic N) is 4. The molecule has 0 spiro atoms. The third kappa shape index (κ3) is 3.77. The summed E-state index contributed by atoms with van der Waals surface area (Å²) in [6, 6.07) is 9.30. The molecule has 3 rings (SSSR count). The van der Waals surface area contributed by atoms with E-state index in [-0.39, 0.29) is 12.1 Å². The zero-order chi connectivity index (χ0) is 16.9. The standard InChI is InChI=1S/C16H18N6OS/c1-3-14-20-21-16(24-14)19-15(23)18-11(2)12-6-4-7-13(10-12)22-9-5-8-17-22/h4-11H,3H2,1-2H3,(H2,18,19,21,23)/t11-/m0/s1. The predicted molar refractivity (Wildman–Crippen MR) is 93.4 cm³/mol. The summed E-state index contributed by atoms with van der Waals surface area (Å²) in [6.07, 6.45) is 4.41. The van der Waals surface area contributed by atoms with Gasteiger partial charge in [0, 0.05) is 12.4 Å². The van der Waals surface area contributed by atoms with Crippen LogP contribution in [0.3, 0.4) is 0 Å². The second-order valence-electron chi connectivity index (χ2n) is 5.22. The van der Waals surface area contributed by atoms with E-state index in [4.69, 9.17) is 0 Å². The van der Waals surface area contributed by atoms with Gasteiger partial charge in [0.2, 0.25) is 5.13 Å². The Morgan fingerprint density at radius 1 is 1.33 bits per heavy atom. The van der Waals surface area contributed by atoms with Crippen molar-refractivity contribution in [3.8, 4) is 5.69 Å². The molecule has 0 radical (unpaired) electrons. The highest BCUT2D eigenvalue weighted by atomic mass is 32.1. The van der Waals surface area contributed by atoms with Crippen LogP contribution in [0.1, 0.15) is 30.5 Å². The maximum atomic E-state index is 12.1. The number of hydrogen-bond acceptors (Lipinski definition) is 5. The number of anilines is 1. The van der Waals surface area contributed by atoms with E-state index in [1.807, 2.05) is 50.4 Å². The number of hydrogen-bond donors (Lipinski definition) is 2. The molecule has 3 aromatic rings. The van der Waals surface area contributed by atoms with E-state index >= 15 is 0 Å². The van der Waals surface area contributed by atoms with Crippen LogP contribution in [0.15, 0.2) is 42.7 Å². The van der Waals surface area contributed by atoms with Gasteiger partial charge in [0.1, 0.15) is 5.01 Å². The molecular formula is C16H18N6OS. The highest BCUT2D eigenvalue weighted by Gasteiger charge is 2.12. The van der Waals surface area contributed by atoms with E-state index in [9.17, 15) is 4.79 Å². The number of amides is 2. The van der Waals surface area contributed by atoms with Crippen LogP contribution < -0.4 is 10.6 Å². The van der Waals surface area contributed by atoms with Gasteiger partial charge < -0.3 is 5.32 Å². The smallest absolute Gasteiger partial charge is 0.321 e. The van der Waals surface area contributed by atoms with Crippen LogP contribution in [-0.2, 0) is 6.42 Å². The molecule has 7 nitrogen and oxygen atoms in total. The third-order valence-corrected chi connectivity index (χ3v) is 4.46. The molecule has 0 fully saturated rings. The van der Waals surface area contributed by atoms with Gasteiger partial charge >= 0.3 is 6.03 Å². The lowest BCUT2D eigenvalue weighted by Gasteiger charge is -2.15. The lowest BCUT2D eigenvalue weighted by atomic mass is 10.1. The minimum atomic E-state index is -0.300. The Morgan fingerprint density at radius 3 is 2.92 bits per heavy atom. The second-order valence-corrected chi connectivity index (χ2v) is 6.28. The van der Waals surface area contributed by atoms with Crippen molar-refractivity contribution in [1.82, 2.24) is 25.3 Å². The molecule has 2 heterocycles. The Bertz CT molecular complexity index is 814. The molecule has 124 valence electrons. The maximum Gasteiger partial charge on any atom is 0.321 e. The monoisotopic (exact) mass is 342 g/mol. The average molecular weight is 342 g/mol. The molecule has 24 heavy (non-hydrogen) atoms. The minimum absolute atomic E-state index is 0.154. The Balaban J connectivity index is 1.65. The summed E-state index contributed by atoms with van der Waals surface area (Å²) in [7, 11) is 0. The molecule has 2 amide bonds. The molecule has 2 N–H and O–H groups in total. The SMILES string of the molecule is CCc1nnc(NC(=O)N[C@@H](C)c2cccc(-n3cccn3)c2)s1. The van der Waals surface area contributed by atoms with Gasteiger partial charge in [-0.3, -0.25) is 5.32 Å². The van der Waals surface area contributed by atoms with Crippen molar-refractivity contribution >= 4 is 22.5 Å². The Kier molecular flexibility index (Phi) is 4.85. The third-order valence-electron chi connectivity index (χ3n) is 3.48. The quantitative estimate of drug-likeness (QED) is 0.746. The number of aryl methyl sites for hydroxylation is 1. The first-order valence-corrected chi connectivity index (χ1v) is 8.47. The van der Waals surface area contributed by atoms with Gasteiger partial charge in [0.25, 0.3) is 0 Å². The van der Waals surface area contributed by atoms with Crippen molar-refractivity contribution in [2.45, 2.75) is 26.3 Å². The topological polar surface area (TPSA) is 84.7 Å². The number of aromatic nitrogens is 4. The largest absolute Gasteiger partial charge is 0.331 e. The molecule has 1 aromatic carbocycles. The molecule has 2 aromatic heterocycles. The van der Waals surface area contributed by atoms with Crippen LogP contribution in [-0.4, -0.2) is 26.0 Å². The van der Waals surface area contributed by atoms with E-state index in [1.165, 1.54) is 11.3 Å². The summed E-state index contributed by atoms with van der Waals surface area (Å²) in [5, 5.41) is 19.2. The number of rotatable bonds is 5. The fraction of sp³-hybridized carbons (Fsp3) is 0.250. The minimum Gasteiger partial charge on any atom is -0.331 e. The molecule has 0 unspecified atom stereocenters. The number of carbonyl (C=O) groups is 1. The van der Waals surface area contributed by atoms with E-state index < -0.39 is 0 Å². The second kappa shape index (κ2) is 7.22. The molecular weight excluding hydrogens is 324 g/mol. The fourth-order valence-corrected chi connectivity index (χ4v) is 2.89. The van der Waals surface area contributed by atoms with Gasteiger partial charge in [-0.1, -0.05) is 30.4 Å². The van der Waals surface area contributed by atoms with E-state index in [1.54, 1.807) is 10.9 Å². The van der Waals surface area contributed by atoms with Crippen LogP contribution in [0.2, 0.25) is 0 Å². The first-order valence-electron chi connectivity index (χ1n) is 7.65. The van der Waals surface area contributed by atoms with Gasteiger partial charge in [0.15, 0.2) is 0 Å². The van der Waals surface area contributed by atoms with Gasteiger partial charge in [-0.2, -0.15) is 5.10 Å². The van der Waals surface area contributed by atoms with E-state index in [0.717, 1.165) is 22.7 Å². The number of benzene rings is 1. The van der Waals surface area contributed by atoms with Crippen molar-refractivity contribution < 1.29 is 4.79 Å². The number of nitrogens with one attached hydrogen (secondary N) is 2. The molecule has 0 aliphatic heterocycles. The van der Waals surface area contributed by atoms with Crippen LogP contribution in [0.5, 0.6) is 0 Å². The lowest BCUT2D eigenvalue weighted by Crippen LogP contribution is -2.31. The average Bonchev–Trinajstić information content (AvgIpc) is 3.26. The summed E-state index contributed by atoms with van der Waals surface area (Å²) in [4.78, 5) is 12.1. The number of urea groups is 1. The molecule has 0 saturated carbocycles. The molecule has 0 aliphatic rings. The predicted octanol–water partition coefficient (Wildman–Crippen LogP) is 3.17. The lowest BCUT2D eigenvalue weighted by molar-refractivity contribution is 0.249. The highest BCUT2D eigenvalue weighted by Crippen LogP contribution is 2.18. The van der Waals surface area contributed by atoms with Crippen molar-refractivity contribution in [3.63, 3.8) is 0 Å². The Morgan fingerprint density at radius 2 is 2.21 bits per heavy atom. The van der Waals surface area contributed by atoms with Crippen LogP contribution >= 0.6 is 11.3 Å². The molecule has 8 heteroatoms. The molecule has 0 aliphatic carbocycles. The molecule has 1 atom stereocenters. The van der Waals surface area contributed by atoms with Crippen molar-refractivity contribution in [2.75, 3.05) is 5.32 Å². The summed E-state index contributed by atoms with van der Waals surface area (Å²) in [5.41, 5.74) is 1.94. The van der Waals surface area contributed by atoms with Crippen molar-refractivity contribution in [3.05, 3.63) is 53.3 Å². The fourth-order valence-electron chi connectivity index (χ4n) is 2.22. The maximum absolute atomic E-state index is 12.1. The van der Waals surface area contributed by atoms with Crippen molar-refractivity contribution in [1.29, 1.82) is 0 Å². The van der Waals surface area contributed by atoms with Gasteiger partial charge in [-0.05, 0) is 37.1 Å². The normalized spacial score (nSPS) is 11.9. The Labute approximate surface area is 143 Å². The molecule has 0 saturated heterocycles. The van der Waals surface area contributed by atoms with E-state index in [0.29, 0.717) is 5.13 Å². The Hall–Kier alpha value is -2.74. The zero-order valence-corrected chi connectivity index (χ0v) is 14.2. The molecule has 0 bridgehead atoms. The first kappa shape index (κ1) is 16.1. The zero-order valence-electron chi connectivity index (χ0n) is 13.4. The highest BCUT2D eigenvalue weighted by molar-refractivity contribution is 7.15. The van der Waals surface area contributed by atoms with Crippen LogP contribution in [0.4, 0.5) is 9.93 Å². The van der Waals surface area contributed by atoms with Gasteiger partial charge in [-0.15, -0.1) is 10.2 Å². The summed E-state index contributed by atoms with van der Waals surface area (Å²) in [6.45, 7) is 3.93. The summed E-state index contributed by atoms with van der Waals surface area (Å²) >= 11 is 1.38. The van der Waals surface area contributed by atoms with Crippen molar-refractivity contribution in [2.24, 2.45) is 0 Å². The first-order chi connectivity index (χ1) is 11.7.